The van der Waals surface area contributed by atoms with Gasteiger partial charge in [-0.15, -0.1) is 0 Å². The number of hydrogen-bond acceptors (Lipinski definition) is 2. The normalized spacial score (nSPS) is 10.5. The van der Waals surface area contributed by atoms with E-state index in [0.29, 0.717) is 19.5 Å². The van der Waals surface area contributed by atoms with Gasteiger partial charge in [-0.05, 0) is 37.1 Å². The molecule has 106 valence electrons. The summed E-state index contributed by atoms with van der Waals surface area (Å²) in [7, 11) is 0. The second-order valence-electron chi connectivity index (χ2n) is 4.48. The van der Waals surface area contributed by atoms with Crippen LogP contribution in [-0.4, -0.2) is 12.5 Å². The van der Waals surface area contributed by atoms with Gasteiger partial charge in [-0.1, -0.05) is 30.5 Å². The molecule has 0 unspecified atom stereocenters. The van der Waals surface area contributed by atoms with E-state index in [1.54, 1.807) is 6.07 Å². The highest BCUT2D eigenvalue weighted by atomic mass is 35.5. The fourth-order valence-corrected chi connectivity index (χ4v) is 1.93. The molecule has 3 nitrogen and oxygen atoms in total. The van der Waals surface area contributed by atoms with Crippen LogP contribution in [0.5, 0.6) is 0 Å². The van der Waals surface area contributed by atoms with Gasteiger partial charge >= 0.3 is 0 Å². The van der Waals surface area contributed by atoms with Gasteiger partial charge in [0.25, 0.3) is 0 Å². The Hall–Kier alpha value is -1.13. The molecule has 1 aromatic carbocycles. The fourth-order valence-electron chi connectivity index (χ4n) is 1.72. The largest absolute Gasteiger partial charge is 0.352 e. The van der Waals surface area contributed by atoms with Crippen LogP contribution in [-0.2, 0) is 11.3 Å². The summed E-state index contributed by atoms with van der Waals surface area (Å²) in [5.41, 5.74) is 6.18. The van der Waals surface area contributed by atoms with Crippen LogP contribution in [0.1, 0.15) is 37.7 Å². The van der Waals surface area contributed by atoms with Gasteiger partial charge in [-0.2, -0.15) is 0 Å². The van der Waals surface area contributed by atoms with Gasteiger partial charge in [-0.25, -0.2) is 4.39 Å². The van der Waals surface area contributed by atoms with E-state index in [0.717, 1.165) is 31.2 Å². The second-order valence-corrected chi connectivity index (χ2v) is 4.89. The van der Waals surface area contributed by atoms with Gasteiger partial charge in [0, 0.05) is 13.0 Å². The monoisotopic (exact) mass is 286 g/mol. The average Bonchev–Trinajstić information content (AvgIpc) is 2.40. The quantitative estimate of drug-likeness (QED) is 0.722. The molecule has 0 aliphatic rings. The summed E-state index contributed by atoms with van der Waals surface area (Å²) in [6, 6.07) is 4.44. The van der Waals surface area contributed by atoms with E-state index in [9.17, 15) is 9.18 Å². The summed E-state index contributed by atoms with van der Waals surface area (Å²) in [5.74, 6) is -0.440. The molecule has 1 rings (SSSR count). The summed E-state index contributed by atoms with van der Waals surface area (Å²) in [6.07, 6.45) is 4.48. The van der Waals surface area contributed by atoms with E-state index < -0.39 is 5.82 Å². The zero-order valence-corrected chi connectivity index (χ0v) is 11.7. The van der Waals surface area contributed by atoms with Crippen LogP contribution in [0.2, 0.25) is 5.02 Å². The van der Waals surface area contributed by atoms with Gasteiger partial charge in [0.15, 0.2) is 0 Å². The van der Waals surface area contributed by atoms with Crippen LogP contribution in [0.15, 0.2) is 18.2 Å². The third-order valence-electron chi connectivity index (χ3n) is 2.83. The molecule has 5 heteroatoms. The van der Waals surface area contributed by atoms with Gasteiger partial charge < -0.3 is 11.1 Å². The number of unbranched alkanes of at least 4 members (excludes halogenated alkanes) is 3. The van der Waals surface area contributed by atoms with Gasteiger partial charge in [0.1, 0.15) is 5.82 Å². The molecule has 1 amide bonds. The molecule has 1 aromatic rings. The molecule has 0 aromatic heterocycles. The minimum absolute atomic E-state index is 0.00759. The molecule has 0 atom stereocenters. The van der Waals surface area contributed by atoms with Crippen molar-refractivity contribution in [3.8, 4) is 0 Å². The summed E-state index contributed by atoms with van der Waals surface area (Å²) in [6.45, 7) is 1.08. The number of carbonyl (C=O) groups excluding carboxylic acids is 1. The first-order valence-corrected chi connectivity index (χ1v) is 6.92. The SMILES string of the molecule is NCCCCCCC(=O)NCc1ccc(F)c(Cl)c1. The van der Waals surface area contributed by atoms with Crippen molar-refractivity contribution in [1.82, 2.24) is 5.32 Å². The lowest BCUT2D eigenvalue weighted by Gasteiger charge is -2.06. The topological polar surface area (TPSA) is 55.1 Å². The third-order valence-corrected chi connectivity index (χ3v) is 3.12. The minimum Gasteiger partial charge on any atom is -0.352 e. The molecule has 3 N–H and O–H groups in total. The molecule has 0 heterocycles. The van der Waals surface area contributed by atoms with Crippen molar-refractivity contribution in [2.24, 2.45) is 5.73 Å². The van der Waals surface area contributed by atoms with Crippen molar-refractivity contribution in [1.29, 1.82) is 0 Å². The zero-order valence-electron chi connectivity index (χ0n) is 10.9. The molecule has 0 aliphatic carbocycles. The molecule has 0 saturated heterocycles. The van der Waals surface area contributed by atoms with Crippen LogP contribution < -0.4 is 11.1 Å². The van der Waals surface area contributed by atoms with E-state index in [2.05, 4.69) is 5.32 Å². The van der Waals surface area contributed by atoms with Gasteiger partial charge in [0.05, 0.1) is 5.02 Å². The number of rotatable bonds is 8. The highest BCUT2D eigenvalue weighted by Gasteiger charge is 2.03. The Bertz CT molecular complexity index is 412. The first-order valence-electron chi connectivity index (χ1n) is 6.54. The number of halogens is 2. The molecular weight excluding hydrogens is 267 g/mol. The lowest BCUT2D eigenvalue weighted by Crippen LogP contribution is -2.22. The van der Waals surface area contributed by atoms with Crippen molar-refractivity contribution in [2.75, 3.05) is 6.54 Å². The van der Waals surface area contributed by atoms with Crippen LogP contribution in [0.4, 0.5) is 4.39 Å². The number of nitrogens with two attached hydrogens (primary N) is 1. The third kappa shape index (κ3) is 6.55. The van der Waals surface area contributed by atoms with Crippen LogP contribution in [0.25, 0.3) is 0 Å². The molecule has 0 saturated carbocycles. The lowest BCUT2D eigenvalue weighted by molar-refractivity contribution is -0.121. The predicted octanol–water partition coefficient (Wildman–Crippen LogP) is 3.00. The summed E-state index contributed by atoms with van der Waals surface area (Å²) < 4.78 is 12.9. The van der Waals surface area contributed by atoms with Crippen molar-refractivity contribution in [3.63, 3.8) is 0 Å². The fraction of sp³-hybridized carbons (Fsp3) is 0.500. The van der Waals surface area contributed by atoms with E-state index in [-0.39, 0.29) is 10.9 Å². The summed E-state index contributed by atoms with van der Waals surface area (Å²) >= 11 is 5.66. The minimum atomic E-state index is -0.448. The summed E-state index contributed by atoms with van der Waals surface area (Å²) in [4.78, 5) is 11.6. The second kappa shape index (κ2) is 8.88. The Balaban J connectivity index is 2.20. The predicted molar refractivity (Wildman–Crippen MR) is 75.4 cm³/mol. The number of carbonyl (C=O) groups is 1. The highest BCUT2D eigenvalue weighted by molar-refractivity contribution is 6.30. The zero-order chi connectivity index (χ0) is 14.1. The molecule has 0 fully saturated rings. The Labute approximate surface area is 118 Å². The maximum absolute atomic E-state index is 12.9. The molecule has 0 spiro atoms. The molecule has 0 radical (unpaired) electrons. The van der Waals surface area contributed by atoms with Crippen molar-refractivity contribution in [2.45, 2.75) is 38.6 Å². The highest BCUT2D eigenvalue weighted by Crippen LogP contribution is 2.15. The van der Waals surface area contributed by atoms with Crippen molar-refractivity contribution in [3.05, 3.63) is 34.6 Å². The Kier molecular flexibility index (Phi) is 7.45. The van der Waals surface area contributed by atoms with Crippen LogP contribution in [0.3, 0.4) is 0 Å². The van der Waals surface area contributed by atoms with Gasteiger partial charge in [0.2, 0.25) is 5.91 Å². The van der Waals surface area contributed by atoms with E-state index in [1.807, 2.05) is 0 Å². The average molecular weight is 287 g/mol. The van der Waals surface area contributed by atoms with Crippen LogP contribution in [0, 0.1) is 5.82 Å². The molecular formula is C14H20ClFN2O. The molecule has 0 bridgehead atoms. The first kappa shape index (κ1) is 15.9. The maximum Gasteiger partial charge on any atom is 0.220 e. The lowest BCUT2D eigenvalue weighted by atomic mass is 10.1. The first-order chi connectivity index (χ1) is 9.13. The Morgan fingerprint density at radius 2 is 2.00 bits per heavy atom. The standard InChI is InChI=1S/C14H20ClFN2O/c15-12-9-11(6-7-13(12)16)10-18-14(19)5-3-1-2-4-8-17/h6-7,9H,1-5,8,10,17H2,(H,18,19). The van der Waals surface area contributed by atoms with Crippen LogP contribution >= 0.6 is 11.6 Å². The van der Waals surface area contributed by atoms with E-state index >= 15 is 0 Å². The Morgan fingerprint density at radius 1 is 1.26 bits per heavy atom. The maximum atomic E-state index is 12.9. The number of hydrogen-bond donors (Lipinski definition) is 2. The smallest absolute Gasteiger partial charge is 0.220 e. The molecule has 19 heavy (non-hydrogen) atoms. The van der Waals surface area contributed by atoms with Crippen molar-refractivity contribution < 1.29 is 9.18 Å². The Morgan fingerprint density at radius 3 is 2.68 bits per heavy atom. The van der Waals surface area contributed by atoms with E-state index in [4.69, 9.17) is 17.3 Å². The van der Waals surface area contributed by atoms with Gasteiger partial charge in [-0.3, -0.25) is 4.79 Å². The number of amides is 1. The molecule has 0 aliphatic heterocycles. The van der Waals surface area contributed by atoms with Crippen molar-refractivity contribution >= 4 is 17.5 Å². The number of benzene rings is 1. The van der Waals surface area contributed by atoms with E-state index in [1.165, 1.54) is 12.1 Å². The summed E-state index contributed by atoms with van der Waals surface area (Å²) in [5, 5.41) is 2.87. The number of nitrogens with one attached hydrogen (secondary N) is 1.